The summed E-state index contributed by atoms with van der Waals surface area (Å²) in [5.74, 6) is 0. The van der Waals surface area contributed by atoms with Crippen LogP contribution in [0.4, 0.5) is 0 Å². The molecule has 1 N–H and O–H groups in total. The molecule has 0 saturated carbocycles. The highest BCUT2D eigenvalue weighted by atomic mass is 28.3. The van der Waals surface area contributed by atoms with Crippen LogP contribution in [-0.4, -0.2) is 55.4 Å². The fraction of sp³-hybridized carbons (Fsp3) is 1.00. The van der Waals surface area contributed by atoms with Gasteiger partial charge in [0, 0.05) is 11.7 Å². The summed E-state index contributed by atoms with van der Waals surface area (Å²) in [6.45, 7) is 23.0. The smallest absolute Gasteiger partial charge is 0.217 e. The van der Waals surface area contributed by atoms with Crippen molar-refractivity contribution in [1.29, 1.82) is 0 Å². The number of rotatable bonds is 8. The van der Waals surface area contributed by atoms with Crippen LogP contribution >= 0.6 is 0 Å². The maximum Gasteiger partial charge on any atom is 0.217 e. The second kappa shape index (κ2) is 7.63. The van der Waals surface area contributed by atoms with Crippen molar-refractivity contribution >= 4 is 8.40 Å². The van der Waals surface area contributed by atoms with Gasteiger partial charge in [-0.3, -0.25) is 0 Å². The zero-order chi connectivity index (χ0) is 14.4. The summed E-state index contributed by atoms with van der Waals surface area (Å²) in [5.41, 5.74) is 0.203. The molecule has 0 unspecified atom stereocenters. The van der Waals surface area contributed by atoms with Gasteiger partial charge in [-0.1, -0.05) is 27.7 Å². The molecule has 0 heterocycles. The van der Waals surface area contributed by atoms with E-state index in [0.29, 0.717) is 0 Å². The predicted octanol–water partition coefficient (Wildman–Crippen LogP) is 2.67. The minimum Gasteiger partial charge on any atom is -0.312 e. The Hall–Kier alpha value is 0.0969. The summed E-state index contributed by atoms with van der Waals surface area (Å²) in [7, 11) is -1.56. The zero-order valence-corrected chi connectivity index (χ0v) is 14.9. The highest BCUT2D eigenvalue weighted by Gasteiger charge is 2.39. The Labute approximate surface area is 116 Å². The Morgan fingerprint density at radius 1 is 0.833 bits per heavy atom. The molecule has 0 aromatic rings. The Morgan fingerprint density at radius 3 is 1.39 bits per heavy atom. The number of nitrogens with zero attached hydrogens (tertiary/aromatic N) is 2. The molecular formula is C14H35N3Si. The number of nitrogens with one attached hydrogen (secondary N) is 1. The van der Waals surface area contributed by atoms with Crippen LogP contribution in [0.5, 0.6) is 0 Å². The SMILES string of the molecule is CCN(CC)[Si](C)(CNC(C)(C)C)N(CC)CC. The lowest BCUT2D eigenvalue weighted by Gasteiger charge is -2.47. The quantitative estimate of drug-likeness (QED) is 0.686. The average Bonchev–Trinajstić information content (AvgIpc) is 2.29. The Morgan fingerprint density at radius 2 is 1.17 bits per heavy atom. The minimum atomic E-state index is -1.56. The molecule has 0 fully saturated rings. The van der Waals surface area contributed by atoms with Crippen molar-refractivity contribution in [2.24, 2.45) is 0 Å². The standard InChI is InChI=1S/C14H35N3Si/c1-9-16(10-2)18(8,17(11-3)12-4)13-15-14(5,6)7/h15H,9-13H2,1-8H3. The molecule has 0 saturated heterocycles. The maximum absolute atomic E-state index is 3.74. The Kier molecular flexibility index (Phi) is 7.67. The summed E-state index contributed by atoms with van der Waals surface area (Å²) < 4.78 is 5.39. The van der Waals surface area contributed by atoms with Gasteiger partial charge in [0.1, 0.15) is 0 Å². The van der Waals surface area contributed by atoms with Crippen LogP contribution in [0.2, 0.25) is 6.55 Å². The summed E-state index contributed by atoms with van der Waals surface area (Å²) >= 11 is 0. The van der Waals surface area contributed by atoms with E-state index in [1.807, 2.05) is 0 Å². The van der Waals surface area contributed by atoms with Gasteiger partial charge in [-0.2, -0.15) is 0 Å². The Balaban J connectivity index is 5.01. The molecule has 0 aliphatic carbocycles. The molecule has 0 aromatic heterocycles. The molecule has 0 atom stereocenters. The van der Waals surface area contributed by atoms with E-state index in [2.05, 4.69) is 69.5 Å². The molecule has 0 aromatic carbocycles. The molecule has 0 spiro atoms. The first-order valence-corrected chi connectivity index (χ1v) is 10.1. The second-order valence-electron chi connectivity index (χ2n) is 6.17. The lowest BCUT2D eigenvalue weighted by atomic mass is 10.1. The molecule has 0 aliphatic rings. The van der Waals surface area contributed by atoms with Gasteiger partial charge < -0.3 is 14.4 Å². The van der Waals surface area contributed by atoms with Crippen molar-refractivity contribution in [2.75, 3.05) is 32.3 Å². The van der Waals surface area contributed by atoms with Crippen molar-refractivity contribution in [2.45, 2.75) is 60.6 Å². The minimum absolute atomic E-state index is 0.203. The van der Waals surface area contributed by atoms with Gasteiger partial charge >= 0.3 is 0 Å². The Bertz CT molecular complexity index is 206. The molecule has 110 valence electrons. The van der Waals surface area contributed by atoms with Crippen LogP contribution in [0.1, 0.15) is 48.5 Å². The van der Waals surface area contributed by atoms with Gasteiger partial charge in [0.05, 0.1) is 0 Å². The highest BCUT2D eigenvalue weighted by Crippen LogP contribution is 2.16. The third kappa shape index (κ3) is 5.00. The van der Waals surface area contributed by atoms with Gasteiger partial charge in [0.25, 0.3) is 0 Å². The molecule has 0 radical (unpaired) electrons. The summed E-state index contributed by atoms with van der Waals surface area (Å²) in [6, 6.07) is 0. The van der Waals surface area contributed by atoms with E-state index in [0.717, 1.165) is 32.3 Å². The van der Waals surface area contributed by atoms with Crippen molar-refractivity contribution in [3.05, 3.63) is 0 Å². The predicted molar refractivity (Wildman–Crippen MR) is 85.2 cm³/mol. The lowest BCUT2D eigenvalue weighted by Crippen LogP contribution is -2.69. The monoisotopic (exact) mass is 273 g/mol. The molecule has 0 aliphatic heterocycles. The molecule has 0 amide bonds. The van der Waals surface area contributed by atoms with E-state index in [1.54, 1.807) is 0 Å². The van der Waals surface area contributed by atoms with Gasteiger partial charge in [-0.25, -0.2) is 0 Å². The van der Waals surface area contributed by atoms with E-state index in [4.69, 9.17) is 0 Å². The van der Waals surface area contributed by atoms with Gasteiger partial charge in [0.15, 0.2) is 0 Å². The number of hydrogen-bond donors (Lipinski definition) is 1. The lowest BCUT2D eigenvalue weighted by molar-refractivity contribution is 0.338. The summed E-state index contributed by atoms with van der Waals surface area (Å²) in [5, 5.41) is 3.74. The van der Waals surface area contributed by atoms with Crippen LogP contribution in [0.15, 0.2) is 0 Å². The molecular weight excluding hydrogens is 238 g/mol. The van der Waals surface area contributed by atoms with Gasteiger partial charge in [-0.05, 0) is 53.5 Å². The van der Waals surface area contributed by atoms with Crippen molar-refractivity contribution in [3.63, 3.8) is 0 Å². The average molecular weight is 274 g/mol. The van der Waals surface area contributed by atoms with Crippen molar-refractivity contribution in [3.8, 4) is 0 Å². The van der Waals surface area contributed by atoms with Crippen LogP contribution < -0.4 is 5.32 Å². The second-order valence-corrected chi connectivity index (χ2v) is 10.2. The fourth-order valence-corrected chi connectivity index (χ4v) is 7.10. The normalized spacial score (nSPS) is 13.7. The van der Waals surface area contributed by atoms with Crippen LogP contribution in [0.25, 0.3) is 0 Å². The molecule has 0 rings (SSSR count). The van der Waals surface area contributed by atoms with E-state index in [9.17, 15) is 0 Å². The molecule has 4 heteroatoms. The first-order chi connectivity index (χ1) is 8.25. The van der Waals surface area contributed by atoms with E-state index >= 15 is 0 Å². The highest BCUT2D eigenvalue weighted by molar-refractivity contribution is 6.73. The molecule has 3 nitrogen and oxygen atoms in total. The van der Waals surface area contributed by atoms with Crippen molar-refractivity contribution < 1.29 is 0 Å². The fourth-order valence-electron chi connectivity index (χ4n) is 2.67. The number of hydrogen-bond acceptors (Lipinski definition) is 3. The third-order valence-corrected chi connectivity index (χ3v) is 8.68. The summed E-state index contributed by atoms with van der Waals surface area (Å²) in [6.07, 6.45) is 1.14. The van der Waals surface area contributed by atoms with Gasteiger partial charge in [0.2, 0.25) is 8.40 Å². The summed E-state index contributed by atoms with van der Waals surface area (Å²) in [4.78, 5) is 0. The zero-order valence-electron chi connectivity index (χ0n) is 13.9. The van der Waals surface area contributed by atoms with E-state index < -0.39 is 8.40 Å². The first-order valence-electron chi connectivity index (χ1n) is 7.50. The first kappa shape index (κ1) is 18.1. The van der Waals surface area contributed by atoms with E-state index in [-0.39, 0.29) is 5.54 Å². The van der Waals surface area contributed by atoms with E-state index in [1.165, 1.54) is 0 Å². The van der Waals surface area contributed by atoms with Crippen molar-refractivity contribution in [1.82, 2.24) is 14.4 Å². The molecule has 0 bridgehead atoms. The van der Waals surface area contributed by atoms with Gasteiger partial charge in [-0.15, -0.1) is 0 Å². The largest absolute Gasteiger partial charge is 0.312 e. The molecule has 18 heavy (non-hydrogen) atoms. The third-order valence-electron chi connectivity index (χ3n) is 3.84. The topological polar surface area (TPSA) is 18.5 Å². The van der Waals surface area contributed by atoms with Crippen LogP contribution in [0.3, 0.4) is 0 Å². The maximum atomic E-state index is 3.74. The van der Waals surface area contributed by atoms with Crippen LogP contribution in [-0.2, 0) is 0 Å². The van der Waals surface area contributed by atoms with Crippen LogP contribution in [0, 0.1) is 0 Å².